The smallest absolute Gasteiger partial charge is 0.408 e. The van der Waals surface area contributed by atoms with Crippen molar-refractivity contribution >= 4 is 24.0 Å². The number of ether oxygens (including phenoxy) is 1. The van der Waals surface area contributed by atoms with Gasteiger partial charge in [0, 0.05) is 11.6 Å². The van der Waals surface area contributed by atoms with Crippen LogP contribution in [0.2, 0.25) is 0 Å². The monoisotopic (exact) mass is 431 g/mol. The summed E-state index contributed by atoms with van der Waals surface area (Å²) in [6, 6.07) is 6.37. The summed E-state index contributed by atoms with van der Waals surface area (Å²) in [5.41, 5.74) is 0.126. The van der Waals surface area contributed by atoms with E-state index in [2.05, 4.69) is 17.2 Å². The highest BCUT2D eigenvalue weighted by Gasteiger charge is 2.38. The first-order chi connectivity index (χ1) is 14.2. The molecule has 2 N–H and O–H groups in total. The van der Waals surface area contributed by atoms with E-state index < -0.39 is 29.2 Å². The lowest BCUT2D eigenvalue weighted by Gasteiger charge is -2.41. The quantitative estimate of drug-likeness (QED) is 0.682. The van der Waals surface area contributed by atoms with E-state index in [0.29, 0.717) is 5.56 Å². The lowest BCUT2D eigenvalue weighted by molar-refractivity contribution is -0.146. The molecule has 0 radical (unpaired) electrons. The van der Waals surface area contributed by atoms with Crippen LogP contribution in [0, 0.1) is 0 Å². The highest BCUT2D eigenvalue weighted by Crippen LogP contribution is 2.30. The standard InChI is InChI=1S/C24H37N3O4/c1-10-17-12-11-13-18(14-17)20(21(29)26-16(2)3)27(23(4,5)6)19(28)15-25-22(30)31-24(7,8)9/h10-14,16,20H,1,15H2,2-9H3,(H,25,30)(H,26,29). The number of rotatable bonds is 7. The lowest BCUT2D eigenvalue weighted by Crippen LogP contribution is -2.55. The van der Waals surface area contributed by atoms with Crippen molar-refractivity contribution in [3.05, 3.63) is 42.0 Å². The van der Waals surface area contributed by atoms with Crippen molar-refractivity contribution in [3.63, 3.8) is 0 Å². The van der Waals surface area contributed by atoms with Gasteiger partial charge in [-0.25, -0.2) is 4.79 Å². The zero-order valence-corrected chi connectivity index (χ0v) is 20.0. The summed E-state index contributed by atoms with van der Waals surface area (Å²) in [7, 11) is 0. The van der Waals surface area contributed by atoms with Gasteiger partial charge in [-0.1, -0.05) is 30.9 Å². The molecular weight excluding hydrogens is 394 g/mol. The van der Waals surface area contributed by atoms with Crippen molar-refractivity contribution in [1.82, 2.24) is 15.5 Å². The second kappa shape index (κ2) is 10.5. The summed E-state index contributed by atoms with van der Waals surface area (Å²) in [6.07, 6.45) is 1.00. The third-order valence-electron chi connectivity index (χ3n) is 4.17. The first-order valence-corrected chi connectivity index (χ1v) is 10.5. The maximum absolute atomic E-state index is 13.3. The summed E-state index contributed by atoms with van der Waals surface area (Å²) >= 11 is 0. The van der Waals surface area contributed by atoms with E-state index in [1.165, 1.54) is 4.90 Å². The molecule has 0 aliphatic rings. The Morgan fingerprint density at radius 1 is 1.13 bits per heavy atom. The fourth-order valence-electron chi connectivity index (χ4n) is 3.09. The topological polar surface area (TPSA) is 87.7 Å². The van der Waals surface area contributed by atoms with Crippen LogP contribution in [0.5, 0.6) is 0 Å². The Kier molecular flexibility index (Phi) is 8.85. The summed E-state index contributed by atoms with van der Waals surface area (Å²) in [5.74, 6) is -0.692. The number of benzene rings is 1. The molecule has 1 unspecified atom stereocenters. The number of hydrogen-bond acceptors (Lipinski definition) is 4. The number of alkyl carbamates (subject to hydrolysis) is 1. The number of nitrogens with one attached hydrogen (secondary N) is 2. The average Bonchev–Trinajstić information content (AvgIpc) is 2.61. The molecule has 7 heteroatoms. The van der Waals surface area contributed by atoms with Gasteiger partial charge in [0.25, 0.3) is 0 Å². The van der Waals surface area contributed by atoms with Gasteiger partial charge in [-0.3, -0.25) is 9.59 Å². The molecule has 31 heavy (non-hydrogen) atoms. The molecule has 0 aliphatic heterocycles. The normalized spacial score (nSPS) is 12.7. The number of carbonyl (C=O) groups is 3. The van der Waals surface area contributed by atoms with Crippen LogP contribution in [-0.2, 0) is 14.3 Å². The Bertz CT molecular complexity index is 804. The van der Waals surface area contributed by atoms with Crippen molar-refractivity contribution in [2.75, 3.05) is 6.54 Å². The predicted octanol–water partition coefficient (Wildman–Crippen LogP) is 4.05. The first kappa shape index (κ1) is 26.2. The molecule has 0 spiro atoms. The van der Waals surface area contributed by atoms with E-state index in [9.17, 15) is 14.4 Å². The number of hydrogen-bond donors (Lipinski definition) is 2. The first-order valence-electron chi connectivity index (χ1n) is 10.5. The van der Waals surface area contributed by atoms with E-state index in [1.54, 1.807) is 26.8 Å². The molecule has 172 valence electrons. The Labute approximate surface area is 186 Å². The maximum Gasteiger partial charge on any atom is 0.408 e. The molecule has 0 heterocycles. The number of nitrogens with zero attached hydrogens (tertiary/aromatic N) is 1. The van der Waals surface area contributed by atoms with E-state index in [-0.39, 0.29) is 18.5 Å². The van der Waals surface area contributed by atoms with Gasteiger partial charge >= 0.3 is 6.09 Å². The minimum absolute atomic E-state index is 0.102. The van der Waals surface area contributed by atoms with Crippen molar-refractivity contribution in [2.45, 2.75) is 78.6 Å². The molecule has 0 aromatic heterocycles. The molecular formula is C24H37N3O4. The van der Waals surface area contributed by atoms with Crippen LogP contribution in [0.1, 0.15) is 72.6 Å². The van der Waals surface area contributed by atoms with Crippen molar-refractivity contribution in [3.8, 4) is 0 Å². The summed E-state index contributed by atoms with van der Waals surface area (Å²) in [5, 5.41) is 5.41. The van der Waals surface area contributed by atoms with Crippen LogP contribution >= 0.6 is 0 Å². The van der Waals surface area contributed by atoms with Crippen molar-refractivity contribution in [1.29, 1.82) is 0 Å². The minimum atomic E-state index is -0.879. The lowest BCUT2D eigenvalue weighted by atomic mass is 9.95. The second-order valence-corrected chi connectivity index (χ2v) is 9.73. The molecule has 0 saturated carbocycles. The van der Waals surface area contributed by atoms with Crippen LogP contribution in [0.15, 0.2) is 30.8 Å². The molecule has 1 aromatic carbocycles. The van der Waals surface area contributed by atoms with Gasteiger partial charge in [0.05, 0.1) is 0 Å². The van der Waals surface area contributed by atoms with Gasteiger partial charge in [-0.05, 0) is 72.6 Å². The van der Waals surface area contributed by atoms with Crippen LogP contribution in [0.25, 0.3) is 6.08 Å². The van der Waals surface area contributed by atoms with Crippen LogP contribution in [0.4, 0.5) is 4.79 Å². The van der Waals surface area contributed by atoms with E-state index >= 15 is 0 Å². The van der Waals surface area contributed by atoms with Crippen molar-refractivity contribution < 1.29 is 19.1 Å². The Morgan fingerprint density at radius 2 is 1.74 bits per heavy atom. The van der Waals surface area contributed by atoms with Gasteiger partial charge in [0.2, 0.25) is 11.8 Å². The van der Waals surface area contributed by atoms with Crippen LogP contribution in [0.3, 0.4) is 0 Å². The number of amides is 3. The highest BCUT2D eigenvalue weighted by atomic mass is 16.6. The molecule has 0 saturated heterocycles. The summed E-state index contributed by atoms with van der Waals surface area (Å²) < 4.78 is 5.22. The third-order valence-corrected chi connectivity index (χ3v) is 4.17. The van der Waals surface area contributed by atoms with Gasteiger partial charge < -0.3 is 20.3 Å². The van der Waals surface area contributed by atoms with Gasteiger partial charge in [0.1, 0.15) is 18.2 Å². The predicted molar refractivity (Wildman–Crippen MR) is 123 cm³/mol. The molecule has 0 bridgehead atoms. The van der Waals surface area contributed by atoms with Gasteiger partial charge in [-0.15, -0.1) is 0 Å². The molecule has 1 aromatic rings. The number of carbonyl (C=O) groups excluding carboxylic acids is 3. The highest BCUT2D eigenvalue weighted by molar-refractivity contribution is 5.91. The summed E-state index contributed by atoms with van der Waals surface area (Å²) in [4.78, 5) is 40.1. The van der Waals surface area contributed by atoms with Gasteiger partial charge in [-0.2, -0.15) is 0 Å². The van der Waals surface area contributed by atoms with E-state index in [4.69, 9.17) is 4.74 Å². The minimum Gasteiger partial charge on any atom is -0.444 e. The maximum atomic E-state index is 13.3. The Hall–Kier alpha value is -2.83. The zero-order chi connectivity index (χ0) is 24.0. The fourth-order valence-corrected chi connectivity index (χ4v) is 3.09. The average molecular weight is 432 g/mol. The molecule has 0 fully saturated rings. The molecule has 7 nitrogen and oxygen atoms in total. The van der Waals surface area contributed by atoms with E-state index in [1.807, 2.05) is 58.9 Å². The van der Waals surface area contributed by atoms with Crippen LogP contribution in [-0.4, -0.2) is 46.5 Å². The molecule has 1 atom stereocenters. The van der Waals surface area contributed by atoms with Crippen molar-refractivity contribution in [2.24, 2.45) is 0 Å². The zero-order valence-electron chi connectivity index (χ0n) is 20.0. The third kappa shape index (κ3) is 8.44. The Balaban J connectivity index is 3.31. The van der Waals surface area contributed by atoms with Gasteiger partial charge in [0.15, 0.2) is 0 Å². The largest absolute Gasteiger partial charge is 0.444 e. The second-order valence-electron chi connectivity index (χ2n) is 9.73. The van der Waals surface area contributed by atoms with E-state index in [0.717, 1.165) is 5.56 Å². The Morgan fingerprint density at radius 3 is 2.23 bits per heavy atom. The SMILES string of the molecule is C=Cc1cccc(C(C(=O)NC(C)C)N(C(=O)CNC(=O)OC(C)(C)C)C(C)(C)C)c1. The molecule has 0 aliphatic carbocycles. The van der Waals surface area contributed by atoms with Crippen LogP contribution < -0.4 is 10.6 Å². The molecule has 3 amide bonds. The summed E-state index contributed by atoms with van der Waals surface area (Å²) in [6.45, 7) is 18.0. The molecule has 1 rings (SSSR count). The fraction of sp³-hybridized carbons (Fsp3) is 0.542.